The van der Waals surface area contributed by atoms with Gasteiger partial charge in [-0.1, -0.05) is 6.07 Å². The predicted octanol–water partition coefficient (Wildman–Crippen LogP) is 3.03. The fourth-order valence-electron chi connectivity index (χ4n) is 3.50. The second-order valence-corrected chi connectivity index (χ2v) is 8.20. The van der Waals surface area contributed by atoms with E-state index in [0.717, 1.165) is 17.7 Å². The summed E-state index contributed by atoms with van der Waals surface area (Å²) in [5.74, 6) is -0.580. The molecular formula is C21H19FN6OS. The van der Waals surface area contributed by atoms with Crippen LogP contribution in [0.1, 0.15) is 28.1 Å². The van der Waals surface area contributed by atoms with Gasteiger partial charge in [-0.3, -0.25) is 4.79 Å². The first-order valence-electron chi connectivity index (χ1n) is 9.43. The van der Waals surface area contributed by atoms with Gasteiger partial charge >= 0.3 is 0 Å². The quantitative estimate of drug-likeness (QED) is 0.669. The largest absolute Gasteiger partial charge is 0.368 e. The molecule has 1 atom stereocenters. The molecule has 0 aliphatic carbocycles. The van der Waals surface area contributed by atoms with Crippen molar-refractivity contribution in [2.45, 2.75) is 18.9 Å². The molecule has 1 amide bonds. The molecule has 4 N–H and O–H groups in total. The molecule has 9 heteroatoms. The topological polar surface area (TPSA) is 122 Å². The third-order valence-electron chi connectivity index (χ3n) is 5.02. The number of carbonyl (C=O) groups is 1. The van der Waals surface area contributed by atoms with Crippen molar-refractivity contribution in [3.8, 4) is 27.6 Å². The molecule has 3 aromatic rings. The maximum Gasteiger partial charge on any atom is 0.264 e. The number of benzene rings is 1. The molecule has 1 unspecified atom stereocenters. The lowest BCUT2D eigenvalue weighted by molar-refractivity contribution is 0.0714. The Balaban J connectivity index is 1.79. The van der Waals surface area contributed by atoms with E-state index in [2.05, 4.69) is 9.97 Å². The average molecular weight is 422 g/mol. The minimum Gasteiger partial charge on any atom is -0.368 e. The lowest BCUT2D eigenvalue weighted by atomic mass is 10.0. The van der Waals surface area contributed by atoms with Gasteiger partial charge < -0.3 is 16.4 Å². The summed E-state index contributed by atoms with van der Waals surface area (Å²) >= 11 is 1.29. The van der Waals surface area contributed by atoms with Crippen LogP contribution in [0.3, 0.4) is 0 Å². The number of hydrogen-bond donors (Lipinski definition) is 2. The predicted molar refractivity (Wildman–Crippen MR) is 113 cm³/mol. The summed E-state index contributed by atoms with van der Waals surface area (Å²) in [6.45, 7) is 1.17. The first-order valence-corrected chi connectivity index (χ1v) is 10.2. The highest BCUT2D eigenvalue weighted by atomic mass is 32.1. The molecule has 30 heavy (non-hydrogen) atoms. The number of rotatable bonds is 3. The number of nitrogens with zero attached hydrogens (tertiary/aromatic N) is 4. The van der Waals surface area contributed by atoms with E-state index in [4.69, 9.17) is 16.7 Å². The molecule has 1 aliphatic heterocycles. The van der Waals surface area contributed by atoms with Gasteiger partial charge in [0.2, 0.25) is 5.95 Å². The second kappa shape index (κ2) is 8.18. The number of likely N-dealkylation sites (tertiary alicyclic amines) is 1. The number of halogens is 1. The molecule has 0 saturated carbocycles. The van der Waals surface area contributed by atoms with Gasteiger partial charge in [0.15, 0.2) is 0 Å². The lowest BCUT2D eigenvalue weighted by Crippen LogP contribution is -2.45. The standard InChI is InChI=1S/C21H19FN6OS/c22-17-6-12(3-4-13(17)8-23)16-7-18(20(29)28-5-1-2-15(24)11-28)30-19(16)14-9-26-21(25)27-10-14/h3-4,6-7,9-10,15H,1-2,5,11,24H2,(H2,25,26,27). The molecule has 3 heterocycles. The Hall–Kier alpha value is -3.35. The van der Waals surface area contributed by atoms with E-state index in [1.54, 1.807) is 29.4 Å². The van der Waals surface area contributed by atoms with Crippen LogP contribution < -0.4 is 11.5 Å². The highest BCUT2D eigenvalue weighted by Gasteiger charge is 2.26. The van der Waals surface area contributed by atoms with Gasteiger partial charge in [0.05, 0.1) is 10.4 Å². The van der Waals surface area contributed by atoms with E-state index in [1.165, 1.54) is 23.5 Å². The fourth-order valence-corrected chi connectivity index (χ4v) is 4.63. The summed E-state index contributed by atoms with van der Waals surface area (Å²) in [5, 5.41) is 9.00. The lowest BCUT2D eigenvalue weighted by Gasteiger charge is -2.30. The van der Waals surface area contributed by atoms with E-state index < -0.39 is 5.82 Å². The van der Waals surface area contributed by atoms with Crippen LogP contribution in [0.2, 0.25) is 0 Å². The van der Waals surface area contributed by atoms with Crippen molar-refractivity contribution in [3.63, 3.8) is 0 Å². The van der Waals surface area contributed by atoms with Crippen LogP contribution in [0.25, 0.3) is 21.6 Å². The Morgan fingerprint density at radius 3 is 2.70 bits per heavy atom. The fraction of sp³-hybridized carbons (Fsp3) is 0.238. The second-order valence-electron chi connectivity index (χ2n) is 7.14. The smallest absolute Gasteiger partial charge is 0.264 e. The number of carbonyl (C=O) groups excluding carboxylic acids is 1. The molecule has 1 aromatic carbocycles. The van der Waals surface area contributed by atoms with Crippen LogP contribution in [-0.2, 0) is 0 Å². The maximum absolute atomic E-state index is 14.3. The van der Waals surface area contributed by atoms with E-state index in [1.807, 2.05) is 6.07 Å². The molecule has 0 spiro atoms. The molecule has 2 aromatic heterocycles. The Bertz CT molecular complexity index is 1140. The van der Waals surface area contributed by atoms with E-state index in [-0.39, 0.29) is 23.5 Å². The number of aromatic nitrogens is 2. The van der Waals surface area contributed by atoms with Crippen molar-refractivity contribution < 1.29 is 9.18 Å². The number of hydrogen-bond acceptors (Lipinski definition) is 7. The molecular weight excluding hydrogens is 403 g/mol. The summed E-state index contributed by atoms with van der Waals surface area (Å²) in [5.41, 5.74) is 13.5. The molecule has 1 fully saturated rings. The minimum atomic E-state index is -0.615. The first kappa shape index (κ1) is 19.9. The zero-order chi connectivity index (χ0) is 21.3. The van der Waals surface area contributed by atoms with Crippen LogP contribution in [-0.4, -0.2) is 39.9 Å². The van der Waals surface area contributed by atoms with Gasteiger partial charge in [-0.2, -0.15) is 5.26 Å². The SMILES string of the molecule is N#Cc1ccc(-c2cc(C(=O)N3CCCC(N)C3)sc2-c2cnc(N)nc2)cc1F. The van der Waals surface area contributed by atoms with Crippen molar-refractivity contribution in [1.82, 2.24) is 14.9 Å². The van der Waals surface area contributed by atoms with Gasteiger partial charge in [-0.25, -0.2) is 14.4 Å². The van der Waals surface area contributed by atoms with Gasteiger partial charge in [0, 0.05) is 47.5 Å². The van der Waals surface area contributed by atoms with Crippen molar-refractivity contribution >= 4 is 23.2 Å². The molecule has 1 saturated heterocycles. The molecule has 7 nitrogen and oxygen atoms in total. The minimum absolute atomic E-state index is 0.0280. The number of nitrogens with two attached hydrogens (primary N) is 2. The van der Waals surface area contributed by atoms with Crippen molar-refractivity contribution in [3.05, 3.63) is 52.9 Å². The Morgan fingerprint density at radius 1 is 1.27 bits per heavy atom. The monoisotopic (exact) mass is 422 g/mol. The maximum atomic E-state index is 14.3. The average Bonchev–Trinajstić information content (AvgIpc) is 3.19. The number of thiophene rings is 1. The Morgan fingerprint density at radius 2 is 2.03 bits per heavy atom. The van der Waals surface area contributed by atoms with E-state index >= 15 is 0 Å². The third kappa shape index (κ3) is 3.87. The number of anilines is 1. The normalized spacial score (nSPS) is 16.3. The summed E-state index contributed by atoms with van der Waals surface area (Å²) in [7, 11) is 0. The summed E-state index contributed by atoms with van der Waals surface area (Å²) in [6, 6.07) is 7.93. The van der Waals surface area contributed by atoms with Crippen LogP contribution in [0.4, 0.5) is 10.3 Å². The van der Waals surface area contributed by atoms with Gasteiger partial charge in [0.25, 0.3) is 5.91 Å². The molecule has 152 valence electrons. The first-order chi connectivity index (χ1) is 14.5. The third-order valence-corrected chi connectivity index (χ3v) is 6.19. The van der Waals surface area contributed by atoms with Crippen molar-refractivity contribution in [2.75, 3.05) is 18.8 Å². The van der Waals surface area contributed by atoms with Crippen LogP contribution in [0, 0.1) is 17.1 Å². The highest BCUT2D eigenvalue weighted by molar-refractivity contribution is 7.18. The summed E-state index contributed by atoms with van der Waals surface area (Å²) in [6.07, 6.45) is 4.91. The number of nitriles is 1. The summed E-state index contributed by atoms with van der Waals surface area (Å²) < 4.78 is 14.3. The van der Waals surface area contributed by atoms with E-state index in [0.29, 0.717) is 34.7 Å². The Labute approximate surface area is 176 Å². The molecule has 0 bridgehead atoms. The summed E-state index contributed by atoms with van der Waals surface area (Å²) in [4.78, 5) is 24.2. The van der Waals surface area contributed by atoms with Crippen molar-refractivity contribution in [1.29, 1.82) is 5.26 Å². The highest BCUT2D eigenvalue weighted by Crippen LogP contribution is 2.40. The number of nitrogen functional groups attached to an aromatic ring is 1. The van der Waals surface area contributed by atoms with Crippen LogP contribution in [0.15, 0.2) is 36.7 Å². The molecule has 0 radical (unpaired) electrons. The van der Waals surface area contributed by atoms with Gasteiger partial charge in [0.1, 0.15) is 11.9 Å². The molecule has 1 aliphatic rings. The number of amides is 1. The van der Waals surface area contributed by atoms with Crippen molar-refractivity contribution in [2.24, 2.45) is 5.73 Å². The Kier molecular flexibility index (Phi) is 5.44. The zero-order valence-corrected chi connectivity index (χ0v) is 16.8. The zero-order valence-electron chi connectivity index (χ0n) is 16.0. The van der Waals surface area contributed by atoms with Gasteiger partial charge in [-0.05, 0) is 36.6 Å². The van der Waals surface area contributed by atoms with E-state index in [9.17, 15) is 9.18 Å². The number of piperidine rings is 1. The van der Waals surface area contributed by atoms with Crippen LogP contribution >= 0.6 is 11.3 Å². The van der Waals surface area contributed by atoms with Crippen LogP contribution in [0.5, 0.6) is 0 Å². The van der Waals surface area contributed by atoms with Gasteiger partial charge in [-0.15, -0.1) is 11.3 Å². The molecule has 4 rings (SSSR count).